The topological polar surface area (TPSA) is 58.4 Å². The summed E-state index contributed by atoms with van der Waals surface area (Å²) in [5, 5.41) is 3.14. The summed E-state index contributed by atoms with van der Waals surface area (Å²) >= 11 is 0. The van der Waals surface area contributed by atoms with Gasteiger partial charge in [0.05, 0.1) is 6.04 Å². The number of rotatable bonds is 3. The molecule has 0 radical (unpaired) electrons. The lowest BCUT2D eigenvalue weighted by Crippen LogP contribution is -2.32. The van der Waals surface area contributed by atoms with E-state index in [4.69, 9.17) is 5.73 Å². The van der Waals surface area contributed by atoms with Crippen LogP contribution in [-0.2, 0) is 6.54 Å². The predicted molar refractivity (Wildman–Crippen MR) is 76.0 cm³/mol. The Morgan fingerprint density at radius 2 is 1.89 bits per heavy atom. The summed E-state index contributed by atoms with van der Waals surface area (Å²) in [6.07, 6.45) is 5.13. The zero-order chi connectivity index (χ0) is 13.2. The van der Waals surface area contributed by atoms with Crippen molar-refractivity contribution in [1.82, 2.24) is 5.32 Å². The van der Waals surface area contributed by atoms with Gasteiger partial charge in [0.25, 0.3) is 0 Å². The van der Waals surface area contributed by atoms with Crippen molar-refractivity contribution < 1.29 is 4.79 Å². The van der Waals surface area contributed by atoms with Crippen molar-refractivity contribution in [3.05, 3.63) is 29.8 Å². The summed E-state index contributed by atoms with van der Waals surface area (Å²) in [5.74, 6) is 0.664. The molecule has 1 aromatic carbocycles. The fourth-order valence-corrected chi connectivity index (χ4v) is 3.22. The van der Waals surface area contributed by atoms with E-state index in [9.17, 15) is 4.79 Å². The highest BCUT2D eigenvalue weighted by atomic mass is 16.2. The molecule has 1 aliphatic carbocycles. The predicted octanol–water partition coefficient (Wildman–Crippen LogP) is 2.23. The number of hydrogen-bond donors (Lipinski definition) is 2. The van der Waals surface area contributed by atoms with Gasteiger partial charge in [0.2, 0.25) is 0 Å². The van der Waals surface area contributed by atoms with E-state index in [1.165, 1.54) is 25.7 Å². The van der Waals surface area contributed by atoms with Crippen LogP contribution in [0.5, 0.6) is 0 Å². The van der Waals surface area contributed by atoms with Crippen molar-refractivity contribution in [3.63, 3.8) is 0 Å². The third-order valence-electron chi connectivity index (χ3n) is 4.39. The number of nitrogens with one attached hydrogen (secondary N) is 1. The van der Waals surface area contributed by atoms with Gasteiger partial charge in [0.1, 0.15) is 0 Å². The molecule has 1 unspecified atom stereocenters. The minimum Gasteiger partial charge on any atom is -0.333 e. The van der Waals surface area contributed by atoms with Crippen LogP contribution >= 0.6 is 0 Å². The Labute approximate surface area is 114 Å². The number of amides is 2. The van der Waals surface area contributed by atoms with Gasteiger partial charge in [-0.15, -0.1) is 0 Å². The van der Waals surface area contributed by atoms with Crippen LogP contribution in [0.1, 0.15) is 31.2 Å². The van der Waals surface area contributed by atoms with Crippen LogP contribution in [0.2, 0.25) is 0 Å². The summed E-state index contributed by atoms with van der Waals surface area (Å²) in [6, 6.07) is 8.32. The van der Waals surface area contributed by atoms with Gasteiger partial charge in [0, 0.05) is 18.8 Å². The number of hydrogen-bond acceptors (Lipinski definition) is 2. The molecule has 3 N–H and O–H groups in total. The fourth-order valence-electron chi connectivity index (χ4n) is 3.22. The number of nitrogens with two attached hydrogens (primary N) is 1. The van der Waals surface area contributed by atoms with Crippen molar-refractivity contribution in [2.24, 2.45) is 11.7 Å². The molecule has 1 aromatic rings. The average molecular weight is 259 g/mol. The number of benzene rings is 1. The largest absolute Gasteiger partial charge is 0.333 e. The second-order valence-electron chi connectivity index (χ2n) is 5.58. The minimum atomic E-state index is 0.0393. The third-order valence-corrected chi connectivity index (χ3v) is 4.39. The maximum atomic E-state index is 12.1. The Morgan fingerprint density at radius 1 is 1.21 bits per heavy atom. The molecule has 1 heterocycles. The van der Waals surface area contributed by atoms with Gasteiger partial charge in [-0.2, -0.15) is 0 Å². The molecule has 3 rings (SSSR count). The highest BCUT2D eigenvalue weighted by Crippen LogP contribution is 2.31. The van der Waals surface area contributed by atoms with E-state index in [1.54, 1.807) is 0 Å². The number of urea groups is 1. The molecule has 2 amide bonds. The normalized spacial score (nSPS) is 23.9. The number of nitrogens with zero attached hydrogens (tertiary/aromatic N) is 1. The first-order valence-corrected chi connectivity index (χ1v) is 7.15. The second-order valence-corrected chi connectivity index (χ2v) is 5.58. The zero-order valence-corrected chi connectivity index (χ0v) is 11.1. The van der Waals surface area contributed by atoms with E-state index in [1.807, 2.05) is 29.2 Å². The van der Waals surface area contributed by atoms with Crippen LogP contribution in [0.3, 0.4) is 0 Å². The van der Waals surface area contributed by atoms with Crippen LogP contribution in [0.15, 0.2) is 24.3 Å². The number of carbonyl (C=O) groups excluding carboxylic acids is 1. The number of anilines is 1. The van der Waals surface area contributed by atoms with Gasteiger partial charge in [-0.25, -0.2) is 4.79 Å². The first-order chi connectivity index (χ1) is 9.28. The molecule has 1 atom stereocenters. The fraction of sp³-hybridized carbons (Fsp3) is 0.533. The van der Waals surface area contributed by atoms with E-state index in [0.717, 1.165) is 17.8 Å². The highest BCUT2D eigenvalue weighted by molar-refractivity contribution is 5.94. The molecule has 1 aliphatic heterocycles. The van der Waals surface area contributed by atoms with Gasteiger partial charge < -0.3 is 11.1 Å². The van der Waals surface area contributed by atoms with E-state index in [2.05, 4.69) is 5.32 Å². The maximum Gasteiger partial charge on any atom is 0.322 e. The van der Waals surface area contributed by atoms with E-state index >= 15 is 0 Å². The van der Waals surface area contributed by atoms with Crippen LogP contribution in [-0.4, -0.2) is 18.6 Å². The SMILES string of the molecule is NCc1ccc(N2CC(C3CCCC3)NC2=O)cc1. The first kappa shape index (κ1) is 12.5. The molecule has 1 saturated heterocycles. The van der Waals surface area contributed by atoms with E-state index in [-0.39, 0.29) is 6.03 Å². The van der Waals surface area contributed by atoms with Crippen LogP contribution in [0.4, 0.5) is 10.5 Å². The van der Waals surface area contributed by atoms with Gasteiger partial charge in [0.15, 0.2) is 0 Å². The third kappa shape index (κ3) is 2.45. The van der Waals surface area contributed by atoms with Crippen molar-refractivity contribution in [2.45, 2.75) is 38.3 Å². The van der Waals surface area contributed by atoms with E-state index in [0.29, 0.717) is 18.5 Å². The van der Waals surface area contributed by atoms with Crippen LogP contribution in [0.25, 0.3) is 0 Å². The van der Waals surface area contributed by atoms with Crippen molar-refractivity contribution in [2.75, 3.05) is 11.4 Å². The molecule has 0 bridgehead atoms. The molecule has 1 saturated carbocycles. The van der Waals surface area contributed by atoms with Gasteiger partial charge in [-0.1, -0.05) is 25.0 Å². The van der Waals surface area contributed by atoms with Crippen molar-refractivity contribution >= 4 is 11.7 Å². The Morgan fingerprint density at radius 3 is 2.53 bits per heavy atom. The summed E-state index contributed by atoms with van der Waals surface area (Å²) < 4.78 is 0. The molecular formula is C15H21N3O. The summed E-state index contributed by atoms with van der Waals surface area (Å²) in [5.41, 5.74) is 7.65. The summed E-state index contributed by atoms with van der Waals surface area (Å²) in [6.45, 7) is 1.34. The lowest BCUT2D eigenvalue weighted by atomic mass is 9.99. The standard InChI is InChI=1S/C15H21N3O/c16-9-11-5-7-13(8-6-11)18-10-14(17-15(18)19)12-3-1-2-4-12/h5-8,12,14H,1-4,9-10,16H2,(H,17,19). The molecular weight excluding hydrogens is 238 g/mol. The van der Waals surface area contributed by atoms with Crippen molar-refractivity contribution in [3.8, 4) is 0 Å². The number of carbonyl (C=O) groups is 1. The van der Waals surface area contributed by atoms with E-state index < -0.39 is 0 Å². The van der Waals surface area contributed by atoms with Crippen LogP contribution in [0, 0.1) is 5.92 Å². The maximum absolute atomic E-state index is 12.1. The smallest absolute Gasteiger partial charge is 0.322 e. The average Bonchev–Trinajstić information content (AvgIpc) is 3.08. The molecule has 19 heavy (non-hydrogen) atoms. The quantitative estimate of drug-likeness (QED) is 0.874. The Balaban J connectivity index is 1.72. The molecule has 0 spiro atoms. The van der Waals surface area contributed by atoms with Gasteiger partial charge in [-0.3, -0.25) is 4.90 Å². The van der Waals surface area contributed by atoms with Crippen molar-refractivity contribution in [1.29, 1.82) is 0 Å². The lowest BCUT2D eigenvalue weighted by molar-refractivity contribution is 0.249. The van der Waals surface area contributed by atoms with Crippen LogP contribution < -0.4 is 16.0 Å². The summed E-state index contributed by atoms with van der Waals surface area (Å²) in [7, 11) is 0. The Hall–Kier alpha value is -1.55. The minimum absolute atomic E-state index is 0.0393. The molecule has 4 heteroatoms. The lowest BCUT2D eigenvalue weighted by Gasteiger charge is -2.18. The first-order valence-electron chi connectivity index (χ1n) is 7.15. The molecule has 4 nitrogen and oxygen atoms in total. The molecule has 102 valence electrons. The Kier molecular flexibility index (Phi) is 3.42. The highest BCUT2D eigenvalue weighted by Gasteiger charge is 2.35. The molecule has 2 aliphatic rings. The van der Waals surface area contributed by atoms with Gasteiger partial charge >= 0.3 is 6.03 Å². The second kappa shape index (κ2) is 5.21. The Bertz CT molecular complexity index is 451. The monoisotopic (exact) mass is 259 g/mol. The molecule has 2 fully saturated rings. The van der Waals surface area contributed by atoms with Gasteiger partial charge in [-0.05, 0) is 36.5 Å². The summed E-state index contributed by atoms with van der Waals surface area (Å²) in [4.78, 5) is 13.9. The zero-order valence-electron chi connectivity index (χ0n) is 11.1. The molecule has 0 aromatic heterocycles.